The van der Waals surface area contributed by atoms with Crippen LogP contribution in [-0.4, -0.2) is 34.5 Å². The predicted molar refractivity (Wildman–Crippen MR) is 59.1 cm³/mol. The van der Waals surface area contributed by atoms with Crippen LogP contribution >= 0.6 is 0 Å². The van der Waals surface area contributed by atoms with E-state index in [0.717, 1.165) is 12.8 Å². The van der Waals surface area contributed by atoms with Gasteiger partial charge < -0.3 is 9.47 Å². The van der Waals surface area contributed by atoms with E-state index in [2.05, 4.69) is 5.10 Å². The highest BCUT2D eigenvalue weighted by Crippen LogP contribution is 2.32. The average Bonchev–Trinajstić information content (AvgIpc) is 2.95. The number of ether oxygens (including phenoxy) is 2. The van der Waals surface area contributed by atoms with Crippen LogP contribution in [-0.2, 0) is 4.74 Å². The first-order valence-electron chi connectivity index (χ1n) is 5.51. The van der Waals surface area contributed by atoms with E-state index in [0.29, 0.717) is 6.61 Å². The molecule has 1 saturated carbocycles. The summed E-state index contributed by atoms with van der Waals surface area (Å²) in [6.07, 6.45) is 3.37. The lowest BCUT2D eigenvalue weighted by Crippen LogP contribution is -2.11. The monoisotopic (exact) mass is 241 g/mol. The fourth-order valence-electron chi connectivity index (χ4n) is 1.46. The summed E-state index contributed by atoms with van der Waals surface area (Å²) in [6.45, 7) is 2.32. The van der Waals surface area contributed by atoms with Crippen LogP contribution in [0.4, 0.5) is 5.69 Å². The van der Waals surface area contributed by atoms with Crippen molar-refractivity contribution in [1.29, 1.82) is 0 Å². The normalized spacial score (nSPS) is 16.8. The molecule has 1 aromatic heterocycles. The third-order valence-electron chi connectivity index (χ3n) is 2.54. The Kier molecular flexibility index (Phi) is 3.28. The molecular weight excluding hydrogens is 226 g/mol. The molecule has 1 unspecified atom stereocenters. The van der Waals surface area contributed by atoms with E-state index < -0.39 is 4.92 Å². The maximum Gasteiger partial charge on any atom is 0.350 e. The van der Waals surface area contributed by atoms with Gasteiger partial charge in [0, 0.05) is 7.11 Å². The van der Waals surface area contributed by atoms with Gasteiger partial charge in [0.15, 0.2) is 0 Å². The van der Waals surface area contributed by atoms with Crippen molar-refractivity contribution in [2.45, 2.75) is 31.9 Å². The molecular formula is C10H15N3O4. The molecule has 0 aliphatic heterocycles. The van der Waals surface area contributed by atoms with Crippen LogP contribution < -0.4 is 4.74 Å². The summed E-state index contributed by atoms with van der Waals surface area (Å²) in [5.41, 5.74) is -0.0835. The number of hydrogen-bond acceptors (Lipinski definition) is 5. The zero-order valence-corrected chi connectivity index (χ0v) is 9.83. The zero-order chi connectivity index (χ0) is 12.4. The first-order valence-corrected chi connectivity index (χ1v) is 5.51. The summed E-state index contributed by atoms with van der Waals surface area (Å²) in [5, 5.41) is 15.0. The smallest absolute Gasteiger partial charge is 0.350 e. The molecule has 94 valence electrons. The summed E-state index contributed by atoms with van der Waals surface area (Å²) in [4.78, 5) is 10.4. The molecule has 7 heteroatoms. The molecule has 1 fully saturated rings. The van der Waals surface area contributed by atoms with E-state index in [9.17, 15) is 10.1 Å². The molecule has 17 heavy (non-hydrogen) atoms. The second-order valence-corrected chi connectivity index (χ2v) is 4.18. The van der Waals surface area contributed by atoms with Gasteiger partial charge >= 0.3 is 11.6 Å². The Labute approximate surface area is 98.5 Å². The molecule has 2 rings (SSSR count). The number of nitro groups is 1. The van der Waals surface area contributed by atoms with E-state index in [4.69, 9.17) is 9.47 Å². The van der Waals surface area contributed by atoms with Crippen LogP contribution in [0.25, 0.3) is 0 Å². The second kappa shape index (κ2) is 4.70. The minimum atomic E-state index is -0.471. The van der Waals surface area contributed by atoms with Crippen LogP contribution in [0.15, 0.2) is 6.20 Å². The second-order valence-electron chi connectivity index (χ2n) is 4.18. The van der Waals surface area contributed by atoms with Gasteiger partial charge in [-0.25, -0.2) is 0 Å². The van der Waals surface area contributed by atoms with Crippen molar-refractivity contribution in [3.63, 3.8) is 0 Å². The zero-order valence-electron chi connectivity index (χ0n) is 9.83. The Morgan fingerprint density at radius 2 is 2.41 bits per heavy atom. The SMILES string of the molecule is COCC(C)n1cc([N+](=O)[O-])c(OC2CC2)n1. The topological polar surface area (TPSA) is 79.4 Å². The molecule has 0 amide bonds. The van der Waals surface area contributed by atoms with Gasteiger partial charge in [-0.2, -0.15) is 0 Å². The number of hydrogen-bond donors (Lipinski definition) is 0. The van der Waals surface area contributed by atoms with Crippen LogP contribution in [0.3, 0.4) is 0 Å². The molecule has 0 aromatic carbocycles. The molecule has 1 atom stereocenters. The molecule has 0 bridgehead atoms. The molecule has 0 N–H and O–H groups in total. The predicted octanol–water partition coefficient (Wildman–Crippen LogP) is 1.54. The summed E-state index contributed by atoms with van der Waals surface area (Å²) >= 11 is 0. The molecule has 1 aliphatic carbocycles. The third-order valence-corrected chi connectivity index (χ3v) is 2.54. The van der Waals surface area contributed by atoms with Crippen LogP contribution in [0.2, 0.25) is 0 Å². The first-order chi connectivity index (χ1) is 8.11. The number of aromatic nitrogens is 2. The fraction of sp³-hybridized carbons (Fsp3) is 0.700. The molecule has 1 aliphatic rings. The van der Waals surface area contributed by atoms with Gasteiger partial charge in [0.2, 0.25) is 0 Å². The van der Waals surface area contributed by atoms with E-state index in [1.807, 2.05) is 6.92 Å². The summed E-state index contributed by atoms with van der Waals surface area (Å²) < 4.78 is 11.9. The fourth-order valence-corrected chi connectivity index (χ4v) is 1.46. The quantitative estimate of drug-likeness (QED) is 0.557. The van der Waals surface area contributed by atoms with E-state index in [1.165, 1.54) is 10.9 Å². The molecule has 1 aromatic rings. The number of rotatable bonds is 6. The Balaban J connectivity index is 2.19. The summed E-state index contributed by atoms with van der Waals surface area (Å²) in [5.74, 6) is 0.112. The van der Waals surface area contributed by atoms with Gasteiger partial charge in [-0.1, -0.05) is 0 Å². The summed E-state index contributed by atoms with van der Waals surface area (Å²) in [6, 6.07) is -0.0600. The Bertz CT molecular complexity index is 414. The van der Waals surface area contributed by atoms with E-state index >= 15 is 0 Å². The largest absolute Gasteiger partial charge is 0.468 e. The lowest BCUT2D eigenvalue weighted by atomic mass is 10.4. The van der Waals surface area contributed by atoms with Crippen LogP contribution in [0.1, 0.15) is 25.8 Å². The standard InChI is InChI=1S/C10H15N3O4/c1-7(6-16-2)12-5-9(13(14)15)10(11-12)17-8-3-4-8/h5,7-8H,3-4,6H2,1-2H3. The number of nitrogens with zero attached hydrogens (tertiary/aromatic N) is 3. The van der Waals surface area contributed by atoms with Crippen molar-refractivity contribution in [2.24, 2.45) is 0 Å². The lowest BCUT2D eigenvalue weighted by molar-refractivity contribution is -0.386. The molecule has 0 spiro atoms. The van der Waals surface area contributed by atoms with Crippen molar-refractivity contribution >= 4 is 5.69 Å². The van der Waals surface area contributed by atoms with Gasteiger partial charge in [0.05, 0.1) is 17.6 Å². The highest BCUT2D eigenvalue weighted by molar-refractivity contribution is 5.39. The van der Waals surface area contributed by atoms with Crippen molar-refractivity contribution in [2.75, 3.05) is 13.7 Å². The van der Waals surface area contributed by atoms with Crippen molar-refractivity contribution < 1.29 is 14.4 Å². The highest BCUT2D eigenvalue weighted by Gasteiger charge is 2.30. The minimum Gasteiger partial charge on any atom is -0.468 e. The van der Waals surface area contributed by atoms with Gasteiger partial charge in [-0.05, 0) is 19.8 Å². The maximum atomic E-state index is 10.9. The van der Waals surface area contributed by atoms with E-state index in [1.54, 1.807) is 7.11 Å². The first kappa shape index (κ1) is 11.8. The molecule has 0 saturated heterocycles. The van der Waals surface area contributed by atoms with Crippen molar-refractivity contribution in [1.82, 2.24) is 9.78 Å². The Morgan fingerprint density at radius 1 is 1.71 bits per heavy atom. The molecule has 0 radical (unpaired) electrons. The van der Waals surface area contributed by atoms with Crippen LogP contribution in [0.5, 0.6) is 5.88 Å². The maximum absolute atomic E-state index is 10.9. The number of methoxy groups -OCH3 is 1. The highest BCUT2D eigenvalue weighted by atomic mass is 16.6. The van der Waals surface area contributed by atoms with Gasteiger partial charge in [0.25, 0.3) is 0 Å². The average molecular weight is 241 g/mol. The van der Waals surface area contributed by atoms with Gasteiger partial charge in [-0.15, -0.1) is 5.10 Å². The lowest BCUT2D eigenvalue weighted by Gasteiger charge is -2.09. The van der Waals surface area contributed by atoms with Gasteiger partial charge in [0.1, 0.15) is 12.3 Å². The third kappa shape index (κ3) is 2.73. The molecule has 7 nitrogen and oxygen atoms in total. The van der Waals surface area contributed by atoms with Crippen molar-refractivity contribution in [3.8, 4) is 5.88 Å². The van der Waals surface area contributed by atoms with Gasteiger partial charge in [-0.3, -0.25) is 14.8 Å². The molecule has 1 heterocycles. The Hall–Kier alpha value is -1.63. The van der Waals surface area contributed by atoms with Crippen LogP contribution in [0, 0.1) is 10.1 Å². The minimum absolute atomic E-state index is 0.0600. The van der Waals surface area contributed by atoms with Crippen molar-refractivity contribution in [3.05, 3.63) is 16.3 Å². The van der Waals surface area contributed by atoms with E-state index in [-0.39, 0.29) is 23.7 Å². The Morgan fingerprint density at radius 3 is 2.94 bits per heavy atom. The summed E-state index contributed by atoms with van der Waals surface area (Å²) in [7, 11) is 1.58.